The lowest BCUT2D eigenvalue weighted by atomic mass is 9.86. The van der Waals surface area contributed by atoms with Crippen LogP contribution in [0.1, 0.15) is 147 Å². The minimum absolute atomic E-state index is 0.0343. The molecule has 1 aliphatic heterocycles. The first-order valence-electron chi connectivity index (χ1n) is 33.1. The van der Waals surface area contributed by atoms with Gasteiger partial charge in [0.15, 0.2) is 12.1 Å². The number of carbonyl (C=O) groups excluding carboxylic acids is 12. The van der Waals surface area contributed by atoms with Gasteiger partial charge in [0.1, 0.15) is 54.4 Å². The van der Waals surface area contributed by atoms with Crippen LogP contribution in [0.5, 0.6) is 0 Å². The predicted molar refractivity (Wildman–Crippen MR) is 363 cm³/mol. The van der Waals surface area contributed by atoms with Crippen LogP contribution in [0.4, 0.5) is 26.3 Å². The second kappa shape index (κ2) is 43.1. The first-order chi connectivity index (χ1) is 48.0. The number of hydrogen-bond donors (Lipinski definition) is 20. The van der Waals surface area contributed by atoms with Crippen molar-refractivity contribution in [2.75, 3.05) is 13.1 Å². The maximum absolute atomic E-state index is 15.5. The zero-order valence-electron chi connectivity index (χ0n) is 60.8. The van der Waals surface area contributed by atoms with Gasteiger partial charge >= 0.3 is 24.3 Å². The van der Waals surface area contributed by atoms with Crippen LogP contribution in [0.3, 0.4) is 0 Å². The molecule has 1 aromatic carbocycles. The minimum Gasteiger partial charge on any atom is -0.475 e. The van der Waals surface area contributed by atoms with Gasteiger partial charge in [0.05, 0.1) is 30.8 Å². The molecule has 0 aliphatic carbocycles. The van der Waals surface area contributed by atoms with Gasteiger partial charge in [-0.05, 0) is 80.1 Å². The molecular weight excluding hydrogens is 1410 g/mol. The van der Waals surface area contributed by atoms with Crippen molar-refractivity contribution in [3.63, 3.8) is 0 Å². The molecule has 1 fully saturated rings. The second-order valence-corrected chi connectivity index (χ2v) is 28.0. The molecule has 24 N–H and O–H groups in total. The summed E-state index contributed by atoms with van der Waals surface area (Å²) in [6.45, 7) is 21.9. The van der Waals surface area contributed by atoms with Gasteiger partial charge in [0, 0.05) is 6.54 Å². The maximum Gasteiger partial charge on any atom is 0.490 e. The van der Waals surface area contributed by atoms with Gasteiger partial charge in [-0.25, -0.2) is 9.59 Å². The molecule has 1 heterocycles. The third-order valence-corrected chi connectivity index (χ3v) is 15.2. The number of amides is 12. The van der Waals surface area contributed by atoms with Crippen LogP contribution < -0.4 is 81.4 Å². The van der Waals surface area contributed by atoms with Gasteiger partial charge in [-0.3, -0.25) is 62.5 Å². The van der Waals surface area contributed by atoms with E-state index in [1.807, 2.05) is 20.8 Å². The number of hydrogen-bond acceptors (Lipinski definition) is 19. The van der Waals surface area contributed by atoms with E-state index in [4.69, 9.17) is 42.7 Å². The molecule has 2 rings (SSSR count). The molecule has 1 aromatic rings. The molecule has 35 nitrogen and oxygen atoms in total. The number of carboxylic acids is 2. The van der Waals surface area contributed by atoms with Gasteiger partial charge in [-0.1, -0.05) is 120 Å². The van der Waals surface area contributed by atoms with Gasteiger partial charge in [-0.15, -0.1) is 0 Å². The molecule has 0 bridgehead atoms. The van der Waals surface area contributed by atoms with Crippen LogP contribution in [0.25, 0.3) is 0 Å². The number of aliphatic imine (C=N–C) groups is 1. The summed E-state index contributed by atoms with van der Waals surface area (Å²) >= 11 is 0. The summed E-state index contributed by atoms with van der Waals surface area (Å²) in [6, 6.07) is -11.0. The summed E-state index contributed by atoms with van der Waals surface area (Å²) in [6.07, 6.45) is -15.9. The van der Waals surface area contributed by atoms with E-state index in [0.29, 0.717) is 0 Å². The fraction of sp³-hybridized carbons (Fsp3) is 0.672. The van der Waals surface area contributed by atoms with E-state index in [9.17, 15) is 94.4 Å². The highest BCUT2D eigenvalue weighted by molar-refractivity contribution is 6.01. The van der Waals surface area contributed by atoms with Crippen LogP contribution in [0, 0.1) is 28.6 Å². The molecule has 15 atom stereocenters. The Balaban J connectivity index is 0.00000696. The summed E-state index contributed by atoms with van der Waals surface area (Å²) < 4.78 is 63.5. The molecule has 596 valence electrons. The van der Waals surface area contributed by atoms with E-state index in [1.165, 1.54) is 38.1 Å². The van der Waals surface area contributed by atoms with Gasteiger partial charge < -0.3 is 107 Å². The Bertz CT molecular complexity index is 3140. The number of nitrogens with one attached hydrogen (secondary N) is 11. The normalized spacial score (nSPS) is 23.0. The Hall–Kier alpha value is -9.51. The number of aliphatic hydroxyl groups is 3. The Morgan fingerprint density at radius 1 is 0.600 bits per heavy atom. The molecule has 0 aromatic heterocycles. The number of rotatable bonds is 20. The first-order valence-corrected chi connectivity index (χ1v) is 33.1. The second-order valence-electron chi connectivity index (χ2n) is 28.0. The lowest BCUT2D eigenvalue weighted by Gasteiger charge is -2.35. The fourth-order valence-corrected chi connectivity index (χ4v) is 9.57. The van der Waals surface area contributed by atoms with Crippen LogP contribution in [-0.4, -0.2) is 218 Å². The molecule has 12 amide bonds. The molecule has 105 heavy (non-hydrogen) atoms. The number of nitrogens with two attached hydrogens (primary N) is 4. The van der Waals surface area contributed by atoms with Crippen molar-refractivity contribution in [2.45, 2.75) is 233 Å². The summed E-state index contributed by atoms with van der Waals surface area (Å²) in [4.78, 5) is 192. The molecule has 1 saturated heterocycles. The number of guanidine groups is 1. The van der Waals surface area contributed by atoms with Crippen molar-refractivity contribution >= 4 is 88.8 Å². The van der Waals surface area contributed by atoms with Crippen LogP contribution >= 0.6 is 0 Å². The van der Waals surface area contributed by atoms with Gasteiger partial charge in [0.25, 0.3) is 0 Å². The number of alkyl halides is 6. The largest absolute Gasteiger partial charge is 0.490 e. The molecule has 1 aliphatic rings. The average molecular weight is 1520 g/mol. The number of halogens is 6. The Morgan fingerprint density at radius 2 is 1.08 bits per heavy atom. The summed E-state index contributed by atoms with van der Waals surface area (Å²) in [7, 11) is 0. The van der Waals surface area contributed by atoms with Crippen LogP contribution in [0.15, 0.2) is 35.3 Å². The molecule has 0 spiro atoms. The highest BCUT2D eigenvalue weighted by Gasteiger charge is 2.44. The number of nitrogens with zero attached hydrogens (tertiary/aromatic N) is 1. The standard InChI is InChI=1S/C60H102N16O15.2C2HF3O2/c1-15-30(6)39-54(88)73-40(32(8)77)53(87)66-27-38(78)71-44(46(80)47(62)81)56(90)67-31(7)48(82)74-41(33-20-17-16-18-21-33)42(75-52(86)37(26-60(12,13)14)70-49(83)34(61)25-59(9,10)11)55(89)76-43(45(79)29(4)5)57(91)69-36(24-28(2)3)51(85)68-35(50(84)72-39)22-19-23-65-58(63)64;2*3-2(4,5)1(6)7/h16-18,20-21,28-32,34-37,39-46,77,79-80H,15,19,22-27,61H2,1-14H3,(H2,62,81)(H,66,87)(H,67,90)(H,68,85)(H,69,91)(H,70,83)(H,71,78)(H,72,84)(H,73,88)(H,74,82)(H,75,86)(H,76,89)(H4,63,64,65);2*(H,6,7)/t30-,31-,32-,34+,35+,36-,37-,39-,40-,41+,42-,43-,44-,45+,46-;;/m0../s1. The summed E-state index contributed by atoms with van der Waals surface area (Å²) in [5.41, 5.74) is 21.8. The predicted octanol–water partition coefficient (Wildman–Crippen LogP) is -2.79. The molecule has 0 radical (unpaired) electrons. The zero-order valence-corrected chi connectivity index (χ0v) is 60.8. The van der Waals surface area contributed by atoms with Crippen molar-refractivity contribution in [1.29, 1.82) is 0 Å². The lowest BCUT2D eigenvalue weighted by molar-refractivity contribution is -0.193. The summed E-state index contributed by atoms with van der Waals surface area (Å²) in [5.74, 6) is -21.1. The molecule has 0 unspecified atom stereocenters. The number of aliphatic carboxylic acids is 2. The van der Waals surface area contributed by atoms with Crippen molar-refractivity contribution in [3.8, 4) is 0 Å². The number of benzene rings is 1. The van der Waals surface area contributed by atoms with Crippen molar-refractivity contribution in [1.82, 2.24) is 58.5 Å². The summed E-state index contributed by atoms with van der Waals surface area (Å²) in [5, 5.41) is 75.2. The van der Waals surface area contributed by atoms with Crippen LogP contribution in [-0.2, 0) is 67.1 Å². The third kappa shape index (κ3) is 35.7. The van der Waals surface area contributed by atoms with E-state index in [0.717, 1.165) is 13.8 Å². The topological polar surface area (TPSA) is 589 Å². The Morgan fingerprint density at radius 3 is 1.53 bits per heavy atom. The highest BCUT2D eigenvalue weighted by atomic mass is 19.4. The molecule has 0 saturated carbocycles. The fourth-order valence-electron chi connectivity index (χ4n) is 9.57. The molecule has 41 heteroatoms. The van der Waals surface area contributed by atoms with E-state index in [-0.39, 0.29) is 62.5 Å². The maximum atomic E-state index is 15.5. The average Bonchev–Trinajstić information content (AvgIpc) is 0.802. The SMILES string of the molecule is CC[C@H](C)[C@@H]1NC(=O)[C@@H](CCCN=C(N)N)NC(=O)[C@H](CC(C)C)NC(=O)[C@H]([C@H](O)C(C)C)NC(=O)[C@@H](NC(=O)[C@H](CC(C)(C)C)NC(=O)[C@H](N)CC(C)(C)C)[C@@H](c2ccccc2)NC(=O)[C@H](C)NC(=O)[C@H]([C@H](O)C(N)=O)NC(=O)CNC(=O)[C@H]([C@H](C)O)NC1=O.O=C(O)C(F)(F)F.O=C(O)C(F)(F)F. The van der Waals surface area contributed by atoms with Crippen molar-refractivity contribution < 1.29 is 119 Å². The van der Waals surface area contributed by atoms with Crippen LogP contribution in [0.2, 0.25) is 0 Å². The monoisotopic (exact) mass is 1510 g/mol. The number of primary amides is 1. The van der Waals surface area contributed by atoms with E-state index in [2.05, 4.69) is 63.5 Å². The first kappa shape index (κ1) is 95.5. The Labute approximate surface area is 602 Å². The smallest absolute Gasteiger partial charge is 0.475 e. The van der Waals surface area contributed by atoms with E-state index >= 15 is 4.79 Å². The number of carboxylic acid groups (broad SMARTS) is 2. The van der Waals surface area contributed by atoms with Crippen molar-refractivity contribution in [2.24, 2.45) is 56.5 Å². The quantitative estimate of drug-likeness (QED) is 0.0272. The van der Waals surface area contributed by atoms with E-state index < -0.39 is 209 Å². The molecular formula is C64H104F6N16O19. The minimum atomic E-state index is -5.08. The number of carbonyl (C=O) groups is 14. The van der Waals surface area contributed by atoms with E-state index in [1.54, 1.807) is 54.5 Å². The Kier molecular flexibility index (Phi) is 39.2. The highest BCUT2D eigenvalue weighted by Crippen LogP contribution is 2.25. The number of aliphatic hydroxyl groups excluding tert-OH is 3. The van der Waals surface area contributed by atoms with Gasteiger partial charge in [0.2, 0.25) is 70.9 Å². The van der Waals surface area contributed by atoms with Crippen molar-refractivity contribution in [3.05, 3.63) is 35.9 Å². The zero-order chi connectivity index (χ0) is 81.7. The van der Waals surface area contributed by atoms with Gasteiger partial charge in [-0.2, -0.15) is 26.3 Å². The third-order valence-electron chi connectivity index (χ3n) is 15.2. The lowest BCUT2D eigenvalue weighted by Crippen LogP contribution is -2.65.